The average Bonchev–Trinajstić information content (AvgIpc) is 3.10. The van der Waals surface area contributed by atoms with E-state index in [2.05, 4.69) is 10.3 Å². The number of anilines is 1. The molecule has 0 fully saturated rings. The standard InChI is InChI=1S/C20H18N2O3S2/c1-3-24-19-14(18(23)13-6-4-5-7-16(13)25-19)11-21-12-8-9-15-17(10-12)27-20(22-15)26-2/h4-11,19,21H,3H2,1-2H3. The Hall–Kier alpha value is -2.35. The first-order chi connectivity index (χ1) is 13.2. The molecule has 27 heavy (non-hydrogen) atoms. The van der Waals surface area contributed by atoms with Crippen LogP contribution < -0.4 is 10.1 Å². The van der Waals surface area contributed by atoms with Crippen molar-refractivity contribution in [1.29, 1.82) is 0 Å². The van der Waals surface area contributed by atoms with Crippen molar-refractivity contribution in [1.82, 2.24) is 4.98 Å². The molecule has 1 aliphatic rings. The topological polar surface area (TPSA) is 60.5 Å². The van der Waals surface area contributed by atoms with Gasteiger partial charge in [-0.1, -0.05) is 23.9 Å². The van der Waals surface area contributed by atoms with Crippen LogP contribution in [0.25, 0.3) is 10.2 Å². The fraction of sp³-hybridized carbons (Fsp3) is 0.200. The Kier molecular flexibility index (Phi) is 5.15. The van der Waals surface area contributed by atoms with Gasteiger partial charge < -0.3 is 14.8 Å². The number of carbonyl (C=O) groups excluding carboxylic acids is 1. The van der Waals surface area contributed by atoms with Gasteiger partial charge in [0.25, 0.3) is 0 Å². The van der Waals surface area contributed by atoms with Gasteiger partial charge in [-0.25, -0.2) is 4.98 Å². The molecule has 138 valence electrons. The van der Waals surface area contributed by atoms with Crippen molar-refractivity contribution < 1.29 is 14.3 Å². The lowest BCUT2D eigenvalue weighted by Crippen LogP contribution is -2.33. The Morgan fingerprint density at radius 1 is 1.33 bits per heavy atom. The number of ether oxygens (including phenoxy) is 2. The van der Waals surface area contributed by atoms with Gasteiger partial charge in [0.2, 0.25) is 6.29 Å². The largest absolute Gasteiger partial charge is 0.460 e. The van der Waals surface area contributed by atoms with Gasteiger partial charge in [-0.3, -0.25) is 4.79 Å². The van der Waals surface area contributed by atoms with Gasteiger partial charge in [0, 0.05) is 18.5 Å². The first-order valence-electron chi connectivity index (χ1n) is 8.52. The lowest BCUT2D eigenvalue weighted by atomic mass is 10.00. The summed E-state index contributed by atoms with van der Waals surface area (Å²) in [5, 5.41) is 3.21. The van der Waals surface area contributed by atoms with E-state index in [1.54, 1.807) is 41.4 Å². The van der Waals surface area contributed by atoms with E-state index in [1.165, 1.54) is 0 Å². The third-order valence-corrected chi connectivity index (χ3v) is 6.14. The van der Waals surface area contributed by atoms with E-state index < -0.39 is 6.29 Å². The molecular weight excluding hydrogens is 380 g/mol. The highest BCUT2D eigenvalue weighted by molar-refractivity contribution is 8.00. The zero-order valence-corrected chi connectivity index (χ0v) is 16.5. The van der Waals surface area contributed by atoms with Crippen molar-refractivity contribution in [2.75, 3.05) is 18.2 Å². The van der Waals surface area contributed by atoms with Crippen LogP contribution >= 0.6 is 23.1 Å². The number of Topliss-reactive ketones (excluding diaryl/α,β-unsaturated/α-hetero) is 1. The first-order valence-corrected chi connectivity index (χ1v) is 10.6. The van der Waals surface area contributed by atoms with Crippen molar-refractivity contribution in [3.05, 3.63) is 59.8 Å². The molecule has 3 aromatic rings. The lowest BCUT2D eigenvalue weighted by Gasteiger charge is -2.27. The van der Waals surface area contributed by atoms with Gasteiger partial charge in [0.1, 0.15) is 5.75 Å². The number of hydrogen-bond donors (Lipinski definition) is 1. The number of rotatable bonds is 5. The van der Waals surface area contributed by atoms with E-state index >= 15 is 0 Å². The molecule has 1 atom stereocenters. The molecule has 0 aliphatic carbocycles. The Labute approximate surface area is 165 Å². The fourth-order valence-corrected chi connectivity index (χ4v) is 4.38. The summed E-state index contributed by atoms with van der Waals surface area (Å²) in [5.74, 6) is 0.458. The summed E-state index contributed by atoms with van der Waals surface area (Å²) in [6, 6.07) is 13.2. The van der Waals surface area contributed by atoms with Gasteiger partial charge in [-0.2, -0.15) is 0 Å². The van der Waals surface area contributed by atoms with Crippen molar-refractivity contribution in [2.24, 2.45) is 0 Å². The van der Waals surface area contributed by atoms with Crippen LogP contribution in [0.15, 0.2) is 58.6 Å². The average molecular weight is 399 g/mol. The molecule has 0 saturated heterocycles. The van der Waals surface area contributed by atoms with E-state index in [9.17, 15) is 4.79 Å². The van der Waals surface area contributed by atoms with E-state index in [0.717, 1.165) is 20.2 Å². The fourth-order valence-electron chi connectivity index (χ4n) is 2.85. The molecule has 0 saturated carbocycles. The second-order valence-electron chi connectivity index (χ2n) is 5.84. The zero-order valence-electron chi connectivity index (χ0n) is 14.9. The zero-order chi connectivity index (χ0) is 18.8. The smallest absolute Gasteiger partial charge is 0.232 e. The molecule has 1 aliphatic heterocycles. The number of nitrogens with zero attached hydrogens (tertiary/aromatic N) is 1. The van der Waals surface area contributed by atoms with Crippen LogP contribution in [0.3, 0.4) is 0 Å². The first kappa shape index (κ1) is 18.0. The SMILES string of the molecule is CCOC1Oc2ccccc2C(=O)C1=CNc1ccc2nc(SC)sc2c1. The number of fused-ring (bicyclic) bond motifs is 2. The molecule has 0 bridgehead atoms. The van der Waals surface area contributed by atoms with Gasteiger partial charge >= 0.3 is 0 Å². The number of benzene rings is 2. The van der Waals surface area contributed by atoms with Crippen LogP contribution in [-0.2, 0) is 4.74 Å². The van der Waals surface area contributed by atoms with Gasteiger partial charge in [-0.05, 0) is 43.5 Å². The van der Waals surface area contributed by atoms with Crippen LogP contribution in [0.4, 0.5) is 5.69 Å². The Morgan fingerprint density at radius 3 is 3.00 bits per heavy atom. The molecule has 0 radical (unpaired) electrons. The normalized spacial score (nSPS) is 17.8. The van der Waals surface area contributed by atoms with Crippen LogP contribution in [0.2, 0.25) is 0 Å². The molecule has 0 amide bonds. The molecule has 5 nitrogen and oxygen atoms in total. The van der Waals surface area contributed by atoms with Gasteiger partial charge in [0.05, 0.1) is 21.4 Å². The molecule has 1 N–H and O–H groups in total. The summed E-state index contributed by atoms with van der Waals surface area (Å²) in [4.78, 5) is 17.4. The highest BCUT2D eigenvalue weighted by atomic mass is 32.2. The van der Waals surface area contributed by atoms with E-state index in [-0.39, 0.29) is 5.78 Å². The second kappa shape index (κ2) is 7.72. The molecule has 1 aromatic heterocycles. The van der Waals surface area contributed by atoms with E-state index in [0.29, 0.717) is 23.5 Å². The summed E-state index contributed by atoms with van der Waals surface area (Å²) < 4.78 is 13.6. The summed E-state index contributed by atoms with van der Waals surface area (Å²) in [7, 11) is 0. The van der Waals surface area contributed by atoms with Crippen molar-refractivity contribution in [3.63, 3.8) is 0 Å². The summed E-state index contributed by atoms with van der Waals surface area (Å²) in [5.41, 5.74) is 2.85. The van der Waals surface area contributed by atoms with Gasteiger partial charge in [-0.15, -0.1) is 11.3 Å². The number of hydrogen-bond acceptors (Lipinski definition) is 7. The molecule has 7 heteroatoms. The quantitative estimate of drug-likeness (QED) is 0.485. The molecular formula is C20H18N2O3S2. The number of carbonyl (C=O) groups is 1. The molecule has 1 unspecified atom stereocenters. The monoisotopic (exact) mass is 398 g/mol. The van der Waals surface area contributed by atoms with E-state index in [4.69, 9.17) is 9.47 Å². The van der Waals surface area contributed by atoms with Crippen LogP contribution in [0.5, 0.6) is 5.75 Å². The summed E-state index contributed by atoms with van der Waals surface area (Å²) in [6.45, 7) is 2.32. The third-order valence-electron chi connectivity index (χ3n) is 4.14. The summed E-state index contributed by atoms with van der Waals surface area (Å²) >= 11 is 3.28. The minimum atomic E-state index is -0.722. The Balaban J connectivity index is 1.64. The third kappa shape index (κ3) is 3.58. The number of thioether (sulfide) groups is 1. The van der Waals surface area contributed by atoms with Crippen molar-refractivity contribution in [3.8, 4) is 5.75 Å². The maximum atomic E-state index is 12.9. The van der Waals surface area contributed by atoms with Gasteiger partial charge in [0.15, 0.2) is 10.1 Å². The predicted molar refractivity (Wildman–Crippen MR) is 110 cm³/mol. The molecule has 0 spiro atoms. The highest BCUT2D eigenvalue weighted by Crippen LogP contribution is 2.32. The molecule has 4 rings (SSSR count). The van der Waals surface area contributed by atoms with Crippen LogP contribution in [0, 0.1) is 0 Å². The summed E-state index contributed by atoms with van der Waals surface area (Å²) in [6.07, 6.45) is 2.97. The Bertz CT molecular complexity index is 1030. The number of ketones is 1. The minimum Gasteiger partial charge on any atom is -0.460 e. The van der Waals surface area contributed by atoms with Crippen molar-refractivity contribution in [2.45, 2.75) is 17.6 Å². The van der Waals surface area contributed by atoms with Crippen molar-refractivity contribution >= 4 is 44.8 Å². The maximum Gasteiger partial charge on any atom is 0.232 e. The number of thiazole rings is 1. The second-order valence-corrected chi connectivity index (χ2v) is 7.92. The Morgan fingerprint density at radius 2 is 2.19 bits per heavy atom. The van der Waals surface area contributed by atoms with E-state index in [1.807, 2.05) is 43.5 Å². The number of aromatic nitrogens is 1. The highest BCUT2D eigenvalue weighted by Gasteiger charge is 2.32. The van der Waals surface area contributed by atoms with Crippen LogP contribution in [-0.4, -0.2) is 29.9 Å². The predicted octanol–water partition coefficient (Wildman–Crippen LogP) is 4.95. The molecule has 2 aromatic carbocycles. The molecule has 2 heterocycles. The number of para-hydroxylation sites is 1. The maximum absolute atomic E-state index is 12.9. The number of nitrogens with one attached hydrogen (secondary N) is 1. The lowest BCUT2D eigenvalue weighted by molar-refractivity contribution is -0.0509. The minimum absolute atomic E-state index is 0.0914. The van der Waals surface area contributed by atoms with Crippen LogP contribution in [0.1, 0.15) is 17.3 Å².